The average Bonchev–Trinajstić information content (AvgIpc) is 3.44. The predicted octanol–water partition coefficient (Wildman–Crippen LogP) is 10.1. The van der Waals surface area contributed by atoms with E-state index in [-0.39, 0.29) is 18.9 Å². The largest absolute Gasteiger partial charge is 0.394 e. The minimum Gasteiger partial charge on any atom is -0.394 e. The molecule has 2 saturated heterocycles. The van der Waals surface area contributed by atoms with Gasteiger partial charge in [0.05, 0.1) is 32.0 Å². The maximum atomic E-state index is 13.2. The summed E-state index contributed by atoms with van der Waals surface area (Å²) in [4.78, 5) is 13.2. The fraction of sp³-hybridized carbons (Fsp3) is 0.698. The molecule has 440 valence electrons. The lowest BCUT2D eigenvalue weighted by molar-refractivity contribution is -0.359. The van der Waals surface area contributed by atoms with Gasteiger partial charge in [0.15, 0.2) is 12.6 Å². The Morgan fingerprint density at radius 1 is 0.481 bits per heavy atom. The Kier molecular flexibility index (Phi) is 43.0. The molecule has 12 atom stereocenters. The number of rotatable bonds is 45. The molecule has 77 heavy (non-hydrogen) atoms. The Balaban J connectivity index is 1.83. The Labute approximate surface area is 464 Å². The Morgan fingerprint density at radius 2 is 0.909 bits per heavy atom. The van der Waals surface area contributed by atoms with Crippen LogP contribution in [0.2, 0.25) is 0 Å². The molecule has 2 fully saturated rings. The molecule has 2 aliphatic heterocycles. The number of nitrogens with one attached hydrogen (secondary N) is 1. The van der Waals surface area contributed by atoms with E-state index in [9.17, 15) is 45.6 Å². The smallest absolute Gasteiger partial charge is 0.220 e. The quantitative estimate of drug-likeness (QED) is 0.0205. The molecule has 14 heteroatoms. The molecule has 1 amide bonds. The van der Waals surface area contributed by atoms with Crippen LogP contribution >= 0.6 is 0 Å². The molecular formula is C63H105NO13. The van der Waals surface area contributed by atoms with Crippen molar-refractivity contribution in [2.75, 3.05) is 19.8 Å². The first-order valence-corrected chi connectivity index (χ1v) is 29.6. The molecule has 2 heterocycles. The fourth-order valence-electron chi connectivity index (χ4n) is 8.91. The lowest BCUT2D eigenvalue weighted by atomic mass is 9.97. The van der Waals surface area contributed by atoms with Crippen molar-refractivity contribution in [1.82, 2.24) is 5.32 Å². The van der Waals surface area contributed by atoms with E-state index >= 15 is 0 Å². The van der Waals surface area contributed by atoms with Crippen molar-refractivity contribution in [2.45, 2.75) is 261 Å². The number of carbonyl (C=O) groups excluding carboxylic acids is 1. The first-order valence-electron chi connectivity index (χ1n) is 29.6. The summed E-state index contributed by atoms with van der Waals surface area (Å²) in [5, 5.41) is 87.0. The van der Waals surface area contributed by atoms with Crippen LogP contribution in [-0.4, -0.2) is 140 Å². The topological polar surface area (TPSA) is 228 Å². The fourth-order valence-corrected chi connectivity index (χ4v) is 8.91. The molecule has 14 nitrogen and oxygen atoms in total. The van der Waals surface area contributed by atoms with Crippen molar-refractivity contribution >= 4 is 5.91 Å². The molecule has 9 N–H and O–H groups in total. The van der Waals surface area contributed by atoms with Crippen molar-refractivity contribution in [2.24, 2.45) is 0 Å². The van der Waals surface area contributed by atoms with Crippen LogP contribution in [0.4, 0.5) is 0 Å². The number of amides is 1. The third-order valence-corrected chi connectivity index (χ3v) is 13.7. The second-order valence-corrected chi connectivity index (χ2v) is 20.4. The van der Waals surface area contributed by atoms with Crippen LogP contribution in [0, 0.1) is 0 Å². The van der Waals surface area contributed by atoms with Gasteiger partial charge in [-0.15, -0.1) is 0 Å². The van der Waals surface area contributed by atoms with Crippen molar-refractivity contribution in [3.63, 3.8) is 0 Å². The Morgan fingerprint density at radius 3 is 1.43 bits per heavy atom. The highest BCUT2D eigenvalue weighted by Crippen LogP contribution is 2.30. The first kappa shape index (κ1) is 69.8. The summed E-state index contributed by atoms with van der Waals surface area (Å²) < 4.78 is 22.7. The molecule has 0 aromatic heterocycles. The second-order valence-electron chi connectivity index (χ2n) is 20.4. The SMILES string of the molecule is CC/C=C\C/C=C\C/C=C\C/C=C\C/C=C\C/C=C\CCCCC(=O)NC(COC1OC(CO)C(OC2OC(CO)C(O)C(O)C2O)C(O)C1O)C(O)/C=C/CC/C=C/CC/C=C/CCCCCCCCCCCCCC. The van der Waals surface area contributed by atoms with Crippen molar-refractivity contribution in [3.8, 4) is 0 Å². The zero-order valence-corrected chi connectivity index (χ0v) is 47.2. The van der Waals surface area contributed by atoms with Gasteiger partial charge in [-0.1, -0.05) is 194 Å². The minimum absolute atomic E-state index is 0.208. The van der Waals surface area contributed by atoms with Crippen molar-refractivity contribution < 1.29 is 64.6 Å². The molecule has 12 unspecified atom stereocenters. The van der Waals surface area contributed by atoms with Gasteiger partial charge in [0.1, 0.15) is 48.8 Å². The average molecular weight is 1080 g/mol. The molecule has 0 bridgehead atoms. The van der Waals surface area contributed by atoms with Crippen LogP contribution in [0.25, 0.3) is 0 Å². The molecule has 0 aromatic carbocycles. The van der Waals surface area contributed by atoms with Gasteiger partial charge < -0.3 is 65.1 Å². The van der Waals surface area contributed by atoms with E-state index in [1.54, 1.807) is 6.08 Å². The number of aliphatic hydroxyl groups is 8. The van der Waals surface area contributed by atoms with Crippen LogP contribution in [-0.2, 0) is 23.7 Å². The van der Waals surface area contributed by atoms with Gasteiger partial charge in [0, 0.05) is 6.42 Å². The van der Waals surface area contributed by atoms with Gasteiger partial charge in [-0.05, 0) is 96.3 Å². The van der Waals surface area contributed by atoms with Gasteiger partial charge >= 0.3 is 0 Å². The highest BCUT2D eigenvalue weighted by molar-refractivity contribution is 5.76. The standard InChI is InChI=1S/C63H105NO13/c1-3-5-7-9-11-13-15-17-19-21-23-25-27-28-30-32-34-36-38-40-42-44-46-52(67)51(50-74-62-60(73)58(71)61(54(49-66)76-62)77-63-59(72)57(70)56(69)53(48-65)75-63)64-55(68)47-45-43-41-39-37-35-33-31-29-26-24-22-20-18-16-14-12-10-8-6-4-2/h6,8,12,14,18,20,24,26,28,30-31,33,36-39,44,46,51-54,56-63,65-67,69-73H,3-5,7,9-11,13,15-17,19,21-23,25,27,29,32,34-35,40-43,45,47-50H2,1-2H3,(H,64,68)/b8-6-,14-12-,20-18-,26-24-,30-28+,33-31-,38-36+,39-37-,46-44+. The number of carbonyl (C=O) groups is 1. The number of hydrogen-bond acceptors (Lipinski definition) is 13. The lowest BCUT2D eigenvalue weighted by Crippen LogP contribution is -2.65. The van der Waals surface area contributed by atoms with Crippen LogP contribution in [0.15, 0.2) is 109 Å². The number of aliphatic hydroxyl groups excluding tert-OH is 8. The molecule has 0 aromatic rings. The first-order chi connectivity index (χ1) is 37.6. The van der Waals surface area contributed by atoms with E-state index in [0.29, 0.717) is 12.8 Å². The van der Waals surface area contributed by atoms with E-state index in [1.807, 2.05) is 6.08 Å². The highest BCUT2D eigenvalue weighted by Gasteiger charge is 2.51. The normalized spacial score (nSPS) is 25.5. The molecular weight excluding hydrogens is 979 g/mol. The third-order valence-electron chi connectivity index (χ3n) is 13.7. The van der Waals surface area contributed by atoms with Crippen molar-refractivity contribution in [3.05, 3.63) is 109 Å². The minimum atomic E-state index is -1.80. The maximum absolute atomic E-state index is 13.2. The summed E-state index contributed by atoms with van der Waals surface area (Å²) in [5.74, 6) is -0.300. The van der Waals surface area contributed by atoms with E-state index in [4.69, 9.17) is 18.9 Å². The van der Waals surface area contributed by atoms with E-state index in [0.717, 1.165) is 77.0 Å². The number of ether oxygens (including phenoxy) is 4. The summed E-state index contributed by atoms with van der Waals surface area (Å²) in [6.07, 6.45) is 49.8. The molecule has 0 saturated carbocycles. The van der Waals surface area contributed by atoms with Crippen LogP contribution in [0.5, 0.6) is 0 Å². The number of allylic oxidation sites excluding steroid dienone is 17. The molecule has 0 spiro atoms. The van der Waals surface area contributed by atoms with Crippen LogP contribution < -0.4 is 5.32 Å². The summed E-state index contributed by atoms with van der Waals surface area (Å²) in [5.41, 5.74) is 0. The molecule has 2 rings (SSSR count). The number of unbranched alkanes of at least 4 members (excludes halogenated alkanes) is 16. The lowest BCUT2D eigenvalue weighted by Gasteiger charge is -2.46. The molecule has 0 aliphatic carbocycles. The van der Waals surface area contributed by atoms with Gasteiger partial charge in [-0.25, -0.2) is 0 Å². The van der Waals surface area contributed by atoms with Gasteiger partial charge in [0.2, 0.25) is 5.91 Å². The van der Waals surface area contributed by atoms with Crippen molar-refractivity contribution in [1.29, 1.82) is 0 Å². The van der Waals surface area contributed by atoms with Gasteiger partial charge in [-0.2, -0.15) is 0 Å². The highest BCUT2D eigenvalue weighted by atomic mass is 16.7. The Hall–Kier alpha value is -3.35. The maximum Gasteiger partial charge on any atom is 0.220 e. The summed E-state index contributed by atoms with van der Waals surface area (Å²) in [7, 11) is 0. The van der Waals surface area contributed by atoms with E-state index in [1.165, 1.54) is 77.0 Å². The zero-order valence-electron chi connectivity index (χ0n) is 47.2. The zero-order chi connectivity index (χ0) is 56.0. The molecule has 0 radical (unpaired) electrons. The van der Waals surface area contributed by atoms with Gasteiger partial charge in [-0.3, -0.25) is 4.79 Å². The van der Waals surface area contributed by atoms with E-state index < -0.39 is 86.8 Å². The monoisotopic (exact) mass is 1080 g/mol. The second kappa shape index (κ2) is 47.5. The third kappa shape index (κ3) is 33.1. The predicted molar refractivity (Wildman–Crippen MR) is 309 cm³/mol. The van der Waals surface area contributed by atoms with Gasteiger partial charge in [0.25, 0.3) is 0 Å². The van der Waals surface area contributed by atoms with Crippen LogP contribution in [0.3, 0.4) is 0 Å². The Bertz CT molecular complexity index is 1700. The summed E-state index contributed by atoms with van der Waals surface area (Å²) in [6, 6.07) is -0.969. The van der Waals surface area contributed by atoms with Crippen LogP contribution in [0.1, 0.15) is 187 Å². The summed E-state index contributed by atoms with van der Waals surface area (Å²) in [6.45, 7) is 2.61. The number of hydrogen-bond donors (Lipinski definition) is 9. The molecule has 2 aliphatic rings. The summed E-state index contributed by atoms with van der Waals surface area (Å²) >= 11 is 0. The van der Waals surface area contributed by atoms with E-state index in [2.05, 4.69) is 116 Å².